The van der Waals surface area contributed by atoms with Crippen LogP contribution in [-0.4, -0.2) is 31.0 Å². The summed E-state index contributed by atoms with van der Waals surface area (Å²) in [6.45, 7) is 5.42. The van der Waals surface area contributed by atoms with Gasteiger partial charge in [-0.2, -0.15) is 0 Å². The molecule has 1 spiro atoms. The predicted molar refractivity (Wildman–Crippen MR) is 50.6 cm³/mol. The Hall–Kier alpha value is -0.570. The molecule has 3 nitrogen and oxygen atoms in total. The van der Waals surface area contributed by atoms with Crippen LogP contribution in [0.25, 0.3) is 0 Å². The first-order chi connectivity index (χ1) is 5.85. The molecule has 12 heavy (non-hydrogen) atoms. The van der Waals surface area contributed by atoms with Gasteiger partial charge in [0, 0.05) is 19.5 Å². The van der Waals surface area contributed by atoms with Crippen molar-refractivity contribution in [3.05, 3.63) is 0 Å². The molecule has 0 aromatic carbocycles. The van der Waals surface area contributed by atoms with Crippen molar-refractivity contribution in [2.75, 3.05) is 19.6 Å². The van der Waals surface area contributed by atoms with Gasteiger partial charge in [-0.1, -0.05) is 6.92 Å². The van der Waals surface area contributed by atoms with Crippen molar-refractivity contribution in [1.82, 2.24) is 10.6 Å². The Bertz CT molecular complexity index is 192. The Morgan fingerprint density at radius 3 is 3.00 bits per heavy atom. The normalized spacial score (nSPS) is 34.9. The van der Waals surface area contributed by atoms with E-state index in [1.54, 1.807) is 0 Å². The maximum Gasteiger partial charge on any atom is 0.0969 e. The van der Waals surface area contributed by atoms with Crippen LogP contribution in [0.3, 0.4) is 0 Å². The van der Waals surface area contributed by atoms with Gasteiger partial charge in [-0.3, -0.25) is 4.99 Å². The molecule has 2 aliphatic heterocycles. The summed E-state index contributed by atoms with van der Waals surface area (Å²) in [5.74, 6) is 1.19. The van der Waals surface area contributed by atoms with Crippen molar-refractivity contribution < 1.29 is 0 Å². The Morgan fingerprint density at radius 1 is 1.50 bits per heavy atom. The SMILES string of the molecule is CCC1=NC2(CCCNC2)CN1. The summed E-state index contributed by atoms with van der Waals surface area (Å²) in [6, 6.07) is 0. The van der Waals surface area contributed by atoms with Crippen LogP contribution in [0.15, 0.2) is 4.99 Å². The van der Waals surface area contributed by atoms with Crippen LogP contribution in [0.5, 0.6) is 0 Å². The molecular weight excluding hydrogens is 150 g/mol. The number of piperidine rings is 1. The van der Waals surface area contributed by atoms with Crippen molar-refractivity contribution in [2.24, 2.45) is 4.99 Å². The predicted octanol–water partition coefficient (Wildman–Crippen LogP) is 0.520. The molecule has 1 atom stereocenters. The second kappa shape index (κ2) is 3.05. The number of aliphatic imine (C=N–C) groups is 1. The van der Waals surface area contributed by atoms with Gasteiger partial charge in [0.2, 0.25) is 0 Å². The fourth-order valence-electron chi connectivity index (χ4n) is 2.03. The third kappa shape index (κ3) is 1.33. The number of nitrogens with one attached hydrogen (secondary N) is 2. The minimum Gasteiger partial charge on any atom is -0.371 e. The molecule has 2 aliphatic rings. The highest BCUT2D eigenvalue weighted by Crippen LogP contribution is 2.23. The average Bonchev–Trinajstić information content (AvgIpc) is 2.50. The van der Waals surface area contributed by atoms with Crippen molar-refractivity contribution in [1.29, 1.82) is 0 Å². The average molecular weight is 167 g/mol. The van der Waals surface area contributed by atoms with Gasteiger partial charge in [-0.25, -0.2) is 0 Å². The summed E-state index contributed by atoms with van der Waals surface area (Å²) >= 11 is 0. The Balaban J connectivity index is 2.06. The maximum atomic E-state index is 4.74. The van der Waals surface area contributed by atoms with Crippen molar-refractivity contribution >= 4 is 5.84 Å². The number of hydrogen-bond acceptors (Lipinski definition) is 3. The zero-order valence-electron chi connectivity index (χ0n) is 7.69. The molecule has 2 N–H and O–H groups in total. The number of nitrogens with zero attached hydrogens (tertiary/aromatic N) is 1. The van der Waals surface area contributed by atoms with E-state index in [9.17, 15) is 0 Å². The van der Waals surface area contributed by atoms with Crippen molar-refractivity contribution in [3.8, 4) is 0 Å². The lowest BCUT2D eigenvalue weighted by Gasteiger charge is -2.30. The lowest BCUT2D eigenvalue weighted by molar-refractivity contribution is 0.332. The molecule has 1 saturated heterocycles. The van der Waals surface area contributed by atoms with Gasteiger partial charge in [0.25, 0.3) is 0 Å². The molecule has 0 amide bonds. The maximum absolute atomic E-state index is 4.74. The van der Waals surface area contributed by atoms with E-state index in [1.165, 1.54) is 25.2 Å². The summed E-state index contributed by atoms with van der Waals surface area (Å²) < 4.78 is 0. The molecule has 68 valence electrons. The van der Waals surface area contributed by atoms with E-state index >= 15 is 0 Å². The van der Waals surface area contributed by atoms with E-state index in [2.05, 4.69) is 17.6 Å². The van der Waals surface area contributed by atoms with Gasteiger partial charge in [0.1, 0.15) is 0 Å². The van der Waals surface area contributed by atoms with Gasteiger partial charge in [0.05, 0.1) is 11.4 Å². The highest BCUT2D eigenvalue weighted by molar-refractivity contribution is 5.84. The summed E-state index contributed by atoms with van der Waals surface area (Å²) in [4.78, 5) is 4.74. The highest BCUT2D eigenvalue weighted by Gasteiger charge is 2.35. The second-order valence-electron chi connectivity index (χ2n) is 3.77. The van der Waals surface area contributed by atoms with Gasteiger partial charge in [-0.15, -0.1) is 0 Å². The van der Waals surface area contributed by atoms with E-state index in [-0.39, 0.29) is 5.54 Å². The van der Waals surface area contributed by atoms with E-state index in [4.69, 9.17) is 4.99 Å². The number of amidine groups is 1. The third-order valence-corrected chi connectivity index (χ3v) is 2.78. The lowest BCUT2D eigenvalue weighted by atomic mass is 9.92. The Labute approximate surface area is 73.6 Å². The fraction of sp³-hybridized carbons (Fsp3) is 0.889. The van der Waals surface area contributed by atoms with Gasteiger partial charge in [0.15, 0.2) is 0 Å². The third-order valence-electron chi connectivity index (χ3n) is 2.78. The van der Waals surface area contributed by atoms with Gasteiger partial charge in [-0.05, 0) is 19.4 Å². The Kier molecular flexibility index (Phi) is 2.05. The first-order valence-corrected chi connectivity index (χ1v) is 4.88. The molecule has 2 heterocycles. The molecule has 0 aromatic heterocycles. The van der Waals surface area contributed by atoms with Crippen LogP contribution >= 0.6 is 0 Å². The van der Waals surface area contributed by atoms with Crippen molar-refractivity contribution in [3.63, 3.8) is 0 Å². The van der Waals surface area contributed by atoms with Crippen LogP contribution in [-0.2, 0) is 0 Å². The largest absolute Gasteiger partial charge is 0.371 e. The van der Waals surface area contributed by atoms with Crippen LogP contribution in [0.4, 0.5) is 0 Å². The summed E-state index contributed by atoms with van der Waals surface area (Å²) in [5, 5.41) is 6.79. The summed E-state index contributed by atoms with van der Waals surface area (Å²) in [7, 11) is 0. The summed E-state index contributed by atoms with van der Waals surface area (Å²) in [5.41, 5.74) is 0.212. The molecule has 1 fully saturated rings. The van der Waals surface area contributed by atoms with Crippen LogP contribution < -0.4 is 10.6 Å². The first-order valence-electron chi connectivity index (χ1n) is 4.88. The van der Waals surface area contributed by atoms with E-state index in [1.807, 2.05) is 0 Å². The minimum atomic E-state index is 0.212. The molecule has 0 aromatic rings. The molecule has 1 unspecified atom stereocenters. The zero-order chi connectivity index (χ0) is 8.44. The number of hydrogen-bond donors (Lipinski definition) is 2. The van der Waals surface area contributed by atoms with E-state index in [0.29, 0.717) is 0 Å². The van der Waals surface area contributed by atoms with Crippen LogP contribution in [0.1, 0.15) is 26.2 Å². The Morgan fingerprint density at radius 2 is 2.42 bits per heavy atom. The van der Waals surface area contributed by atoms with Gasteiger partial charge >= 0.3 is 0 Å². The van der Waals surface area contributed by atoms with Crippen molar-refractivity contribution in [2.45, 2.75) is 31.7 Å². The first kappa shape index (κ1) is 8.05. The number of rotatable bonds is 1. The van der Waals surface area contributed by atoms with E-state index in [0.717, 1.165) is 19.5 Å². The monoisotopic (exact) mass is 167 g/mol. The minimum absolute atomic E-state index is 0.212. The fourth-order valence-corrected chi connectivity index (χ4v) is 2.03. The van der Waals surface area contributed by atoms with Crippen LogP contribution in [0, 0.1) is 0 Å². The molecule has 0 radical (unpaired) electrons. The highest BCUT2D eigenvalue weighted by atomic mass is 15.2. The zero-order valence-corrected chi connectivity index (χ0v) is 7.69. The van der Waals surface area contributed by atoms with E-state index < -0.39 is 0 Å². The molecular formula is C9H17N3. The van der Waals surface area contributed by atoms with Crippen LogP contribution in [0.2, 0.25) is 0 Å². The lowest BCUT2D eigenvalue weighted by Crippen LogP contribution is -2.46. The smallest absolute Gasteiger partial charge is 0.0969 e. The standard InChI is InChI=1S/C9H17N3/c1-2-8-11-7-9(12-8)4-3-5-10-6-9/h10H,2-7H2,1H3,(H,11,12). The quantitative estimate of drug-likeness (QED) is 0.597. The summed E-state index contributed by atoms with van der Waals surface area (Å²) in [6.07, 6.45) is 3.56. The molecule has 2 rings (SSSR count). The molecule has 0 bridgehead atoms. The molecule has 3 heteroatoms. The topological polar surface area (TPSA) is 36.4 Å². The second-order valence-corrected chi connectivity index (χ2v) is 3.77. The molecule has 0 saturated carbocycles. The van der Waals surface area contributed by atoms with Gasteiger partial charge < -0.3 is 10.6 Å². The molecule has 0 aliphatic carbocycles.